The smallest absolute Gasteiger partial charge is 0.124 e. The largest absolute Gasteiger partial charge is 0.467 e. The van der Waals surface area contributed by atoms with Gasteiger partial charge in [0.2, 0.25) is 0 Å². The monoisotopic (exact) mass is 138 g/mol. The molecular weight excluding hydrogens is 128 g/mol. The van der Waals surface area contributed by atoms with Crippen molar-refractivity contribution in [2.24, 2.45) is 5.73 Å². The number of furan rings is 1. The fourth-order valence-corrected chi connectivity index (χ4v) is 0.715. The minimum atomic E-state index is 0.654. The van der Waals surface area contributed by atoms with Crippen LogP contribution in [-0.2, 0) is 0 Å². The number of nitrogen functional groups attached to an aromatic ring is 1. The van der Waals surface area contributed by atoms with Gasteiger partial charge in [-0.2, -0.15) is 0 Å². The van der Waals surface area contributed by atoms with Crippen LogP contribution in [0.15, 0.2) is 16.9 Å². The molecule has 54 valence electrons. The van der Waals surface area contributed by atoms with E-state index < -0.39 is 0 Å². The van der Waals surface area contributed by atoms with Crippen molar-refractivity contribution in [2.75, 3.05) is 5.73 Å². The second-order valence-electron chi connectivity index (χ2n) is 2.02. The van der Waals surface area contributed by atoms with Gasteiger partial charge >= 0.3 is 0 Å². The second-order valence-corrected chi connectivity index (χ2v) is 2.02. The van der Waals surface area contributed by atoms with E-state index in [0.29, 0.717) is 5.69 Å². The van der Waals surface area contributed by atoms with Crippen LogP contribution >= 0.6 is 0 Å². The Morgan fingerprint density at radius 3 is 2.70 bits per heavy atom. The molecule has 0 aliphatic rings. The standard InChI is InChI=1S/C7H10N2O/c1-5-7(9)6(2-3-8)4-10-5/h2-4H,8-9H2,1H3/b3-2-. The van der Waals surface area contributed by atoms with E-state index in [4.69, 9.17) is 15.9 Å². The van der Waals surface area contributed by atoms with Crippen molar-refractivity contribution in [3.63, 3.8) is 0 Å². The van der Waals surface area contributed by atoms with Crippen molar-refractivity contribution in [1.29, 1.82) is 0 Å². The van der Waals surface area contributed by atoms with E-state index in [1.54, 1.807) is 12.3 Å². The number of hydrogen-bond acceptors (Lipinski definition) is 3. The first-order valence-corrected chi connectivity index (χ1v) is 2.97. The van der Waals surface area contributed by atoms with Gasteiger partial charge in [0, 0.05) is 5.56 Å². The summed E-state index contributed by atoms with van der Waals surface area (Å²) >= 11 is 0. The molecule has 1 rings (SSSR count). The molecule has 4 N–H and O–H groups in total. The Balaban J connectivity index is 3.05. The van der Waals surface area contributed by atoms with Crippen molar-refractivity contribution < 1.29 is 4.42 Å². The summed E-state index contributed by atoms with van der Waals surface area (Å²) in [6.45, 7) is 1.81. The van der Waals surface area contributed by atoms with Gasteiger partial charge in [-0.15, -0.1) is 0 Å². The topological polar surface area (TPSA) is 65.2 Å². The summed E-state index contributed by atoms with van der Waals surface area (Å²) in [5.74, 6) is 0.730. The van der Waals surface area contributed by atoms with E-state index in [-0.39, 0.29) is 0 Å². The highest BCUT2D eigenvalue weighted by atomic mass is 16.3. The summed E-state index contributed by atoms with van der Waals surface area (Å²) < 4.78 is 5.02. The number of nitrogens with two attached hydrogens (primary N) is 2. The summed E-state index contributed by atoms with van der Waals surface area (Å²) in [5.41, 5.74) is 12.2. The molecule has 3 nitrogen and oxygen atoms in total. The average Bonchev–Trinajstić information content (AvgIpc) is 2.20. The summed E-state index contributed by atoms with van der Waals surface area (Å²) in [6.07, 6.45) is 4.71. The lowest BCUT2D eigenvalue weighted by atomic mass is 10.2. The minimum absolute atomic E-state index is 0.654. The molecule has 0 aliphatic carbocycles. The average molecular weight is 138 g/mol. The van der Waals surface area contributed by atoms with Crippen LogP contribution in [0, 0.1) is 6.92 Å². The molecule has 0 amide bonds. The van der Waals surface area contributed by atoms with E-state index in [1.807, 2.05) is 6.92 Å². The van der Waals surface area contributed by atoms with Crippen molar-refractivity contribution in [3.8, 4) is 0 Å². The van der Waals surface area contributed by atoms with E-state index in [9.17, 15) is 0 Å². The van der Waals surface area contributed by atoms with Crippen LogP contribution in [0.25, 0.3) is 6.08 Å². The van der Waals surface area contributed by atoms with Gasteiger partial charge in [0.15, 0.2) is 0 Å². The van der Waals surface area contributed by atoms with Gasteiger partial charge in [0.1, 0.15) is 12.0 Å². The van der Waals surface area contributed by atoms with Crippen molar-refractivity contribution in [2.45, 2.75) is 6.92 Å². The third kappa shape index (κ3) is 0.978. The van der Waals surface area contributed by atoms with E-state index in [0.717, 1.165) is 11.3 Å². The summed E-state index contributed by atoms with van der Waals surface area (Å²) in [7, 11) is 0. The molecule has 0 atom stereocenters. The Labute approximate surface area is 59.3 Å². The Bertz CT molecular complexity index is 250. The van der Waals surface area contributed by atoms with Crippen LogP contribution in [0.3, 0.4) is 0 Å². The molecule has 0 saturated carbocycles. The molecule has 0 bridgehead atoms. The lowest BCUT2D eigenvalue weighted by molar-refractivity contribution is 0.535. The van der Waals surface area contributed by atoms with Crippen LogP contribution in [0.2, 0.25) is 0 Å². The molecule has 10 heavy (non-hydrogen) atoms. The SMILES string of the molecule is Cc1occ(/C=C\N)c1N. The molecule has 0 unspecified atom stereocenters. The molecule has 3 heteroatoms. The summed E-state index contributed by atoms with van der Waals surface area (Å²) in [4.78, 5) is 0. The maximum atomic E-state index is 5.59. The van der Waals surface area contributed by atoms with Crippen LogP contribution in [0.1, 0.15) is 11.3 Å². The van der Waals surface area contributed by atoms with Crippen molar-refractivity contribution in [3.05, 3.63) is 23.8 Å². The Morgan fingerprint density at radius 1 is 1.60 bits per heavy atom. The quantitative estimate of drug-likeness (QED) is 0.610. The molecule has 1 aromatic heterocycles. The molecular formula is C7H10N2O. The van der Waals surface area contributed by atoms with Crippen LogP contribution < -0.4 is 11.5 Å². The number of anilines is 1. The van der Waals surface area contributed by atoms with Gasteiger partial charge in [-0.05, 0) is 19.2 Å². The van der Waals surface area contributed by atoms with Crippen molar-refractivity contribution >= 4 is 11.8 Å². The molecule has 0 spiro atoms. The zero-order chi connectivity index (χ0) is 7.56. The molecule has 0 radical (unpaired) electrons. The van der Waals surface area contributed by atoms with E-state index in [2.05, 4.69) is 0 Å². The zero-order valence-electron chi connectivity index (χ0n) is 5.79. The van der Waals surface area contributed by atoms with Gasteiger partial charge < -0.3 is 15.9 Å². The highest BCUT2D eigenvalue weighted by Crippen LogP contribution is 2.19. The maximum Gasteiger partial charge on any atom is 0.124 e. The predicted molar refractivity (Wildman–Crippen MR) is 41.1 cm³/mol. The fraction of sp³-hybridized carbons (Fsp3) is 0.143. The van der Waals surface area contributed by atoms with Crippen molar-refractivity contribution in [1.82, 2.24) is 0 Å². The van der Waals surface area contributed by atoms with Crippen LogP contribution in [0.5, 0.6) is 0 Å². The third-order valence-electron chi connectivity index (χ3n) is 1.33. The fourth-order valence-electron chi connectivity index (χ4n) is 0.715. The van der Waals surface area contributed by atoms with Gasteiger partial charge in [-0.3, -0.25) is 0 Å². The Kier molecular flexibility index (Phi) is 1.67. The lowest BCUT2D eigenvalue weighted by Gasteiger charge is -1.87. The molecule has 0 aromatic carbocycles. The first-order chi connectivity index (χ1) is 4.75. The molecule has 0 fully saturated rings. The Hall–Kier alpha value is -1.38. The third-order valence-corrected chi connectivity index (χ3v) is 1.33. The predicted octanol–water partition coefficient (Wildman–Crippen LogP) is 1.10. The Morgan fingerprint density at radius 2 is 2.30 bits per heavy atom. The van der Waals surface area contributed by atoms with Gasteiger partial charge in [0.25, 0.3) is 0 Å². The minimum Gasteiger partial charge on any atom is -0.467 e. The molecule has 1 aromatic rings. The van der Waals surface area contributed by atoms with E-state index in [1.165, 1.54) is 6.20 Å². The number of aryl methyl sites for hydroxylation is 1. The van der Waals surface area contributed by atoms with Gasteiger partial charge in [0.05, 0.1) is 5.69 Å². The first-order valence-electron chi connectivity index (χ1n) is 2.97. The van der Waals surface area contributed by atoms with E-state index >= 15 is 0 Å². The second kappa shape index (κ2) is 2.47. The maximum absolute atomic E-state index is 5.59. The highest BCUT2D eigenvalue weighted by Gasteiger charge is 2.01. The molecule has 0 aliphatic heterocycles. The lowest BCUT2D eigenvalue weighted by Crippen LogP contribution is -1.86. The normalized spacial score (nSPS) is 10.9. The van der Waals surface area contributed by atoms with Gasteiger partial charge in [-0.25, -0.2) is 0 Å². The first kappa shape index (κ1) is 6.74. The van der Waals surface area contributed by atoms with Gasteiger partial charge in [-0.1, -0.05) is 0 Å². The summed E-state index contributed by atoms with van der Waals surface area (Å²) in [5, 5.41) is 0. The van der Waals surface area contributed by atoms with Crippen LogP contribution in [-0.4, -0.2) is 0 Å². The number of hydrogen-bond donors (Lipinski definition) is 2. The zero-order valence-corrected chi connectivity index (χ0v) is 5.79. The molecule has 0 saturated heterocycles. The molecule has 1 heterocycles. The van der Waals surface area contributed by atoms with Crippen LogP contribution in [0.4, 0.5) is 5.69 Å². The highest BCUT2D eigenvalue weighted by molar-refractivity contribution is 5.64. The summed E-state index contributed by atoms with van der Waals surface area (Å²) in [6, 6.07) is 0. The number of rotatable bonds is 1.